The Labute approximate surface area is 189 Å². The highest BCUT2D eigenvalue weighted by Gasteiger charge is 2.29. The van der Waals surface area contributed by atoms with Crippen molar-refractivity contribution in [2.75, 3.05) is 7.11 Å². The number of rotatable bonds is 6. The predicted molar refractivity (Wildman–Crippen MR) is 120 cm³/mol. The van der Waals surface area contributed by atoms with Crippen LogP contribution in [0.25, 0.3) is 0 Å². The van der Waals surface area contributed by atoms with Gasteiger partial charge in [-0.25, -0.2) is 9.98 Å². The van der Waals surface area contributed by atoms with Crippen LogP contribution in [0.15, 0.2) is 46.0 Å². The SMILES string of the molecule is COC(N)=NC1C[C@H](CCC(C)NC(=O)c2ccc(Cl)cn2)Oc2ccc(Br)cc21. The third kappa shape index (κ3) is 5.86. The van der Waals surface area contributed by atoms with Crippen molar-refractivity contribution < 1.29 is 14.3 Å². The lowest BCUT2D eigenvalue weighted by Crippen LogP contribution is -2.35. The van der Waals surface area contributed by atoms with Crippen LogP contribution in [-0.2, 0) is 4.74 Å². The van der Waals surface area contributed by atoms with E-state index < -0.39 is 0 Å². The second kappa shape index (κ2) is 10.1. The molecule has 1 aromatic carbocycles. The Morgan fingerprint density at radius 1 is 1.47 bits per heavy atom. The summed E-state index contributed by atoms with van der Waals surface area (Å²) in [6.45, 7) is 1.96. The van der Waals surface area contributed by atoms with Gasteiger partial charge in [-0.2, -0.15) is 0 Å². The first-order chi connectivity index (χ1) is 14.4. The lowest BCUT2D eigenvalue weighted by Gasteiger charge is -2.31. The van der Waals surface area contributed by atoms with E-state index in [-0.39, 0.29) is 30.1 Å². The predicted octanol–water partition coefficient (Wildman–Crippen LogP) is 4.25. The second-order valence-electron chi connectivity index (χ2n) is 7.16. The van der Waals surface area contributed by atoms with Gasteiger partial charge in [0.1, 0.15) is 17.5 Å². The van der Waals surface area contributed by atoms with Crippen molar-refractivity contribution in [3.8, 4) is 5.75 Å². The molecule has 1 aliphatic rings. The molecular formula is C21H24BrClN4O3. The molecule has 0 radical (unpaired) electrons. The Bertz CT molecular complexity index is 923. The zero-order valence-corrected chi connectivity index (χ0v) is 19.1. The maximum absolute atomic E-state index is 12.3. The number of carbonyl (C=O) groups excluding carboxylic acids is 1. The lowest BCUT2D eigenvalue weighted by atomic mass is 9.94. The number of pyridine rings is 1. The standard InChI is InChI=1S/C21H24BrClN4O3/c1-12(26-20(28)17-7-5-14(23)11-25-17)3-6-15-10-18(27-21(24)29-2)16-9-13(22)4-8-19(16)30-15/h4-5,7-9,11-12,15,18H,3,6,10H2,1-2H3,(H2,24,27)(H,26,28)/t12?,15-,18?/m0/s1. The van der Waals surface area contributed by atoms with Gasteiger partial charge in [0.25, 0.3) is 11.9 Å². The van der Waals surface area contributed by atoms with Crippen LogP contribution in [0.1, 0.15) is 48.3 Å². The number of fused-ring (bicyclic) bond motifs is 1. The van der Waals surface area contributed by atoms with E-state index in [2.05, 4.69) is 31.2 Å². The van der Waals surface area contributed by atoms with Crippen LogP contribution in [0.2, 0.25) is 5.02 Å². The van der Waals surface area contributed by atoms with Gasteiger partial charge in [-0.15, -0.1) is 0 Å². The number of hydrogen-bond donors (Lipinski definition) is 2. The van der Waals surface area contributed by atoms with Gasteiger partial charge in [-0.3, -0.25) is 4.79 Å². The number of amides is 1. The first-order valence-corrected chi connectivity index (χ1v) is 10.8. The fourth-order valence-electron chi connectivity index (χ4n) is 3.31. The Morgan fingerprint density at radius 3 is 2.97 bits per heavy atom. The summed E-state index contributed by atoms with van der Waals surface area (Å²) in [4.78, 5) is 20.9. The molecule has 1 aromatic heterocycles. The smallest absolute Gasteiger partial charge is 0.282 e. The van der Waals surface area contributed by atoms with Crippen LogP contribution >= 0.6 is 27.5 Å². The first kappa shape index (κ1) is 22.4. The highest BCUT2D eigenvalue weighted by atomic mass is 79.9. The molecule has 30 heavy (non-hydrogen) atoms. The van der Waals surface area contributed by atoms with Crippen LogP contribution in [0.3, 0.4) is 0 Å². The van der Waals surface area contributed by atoms with Crippen LogP contribution in [0.5, 0.6) is 5.75 Å². The van der Waals surface area contributed by atoms with Gasteiger partial charge >= 0.3 is 0 Å². The number of nitrogens with one attached hydrogen (secondary N) is 1. The fraction of sp³-hybridized carbons (Fsp3) is 0.381. The molecule has 3 atom stereocenters. The zero-order chi connectivity index (χ0) is 21.7. The van der Waals surface area contributed by atoms with E-state index in [9.17, 15) is 4.79 Å². The van der Waals surface area contributed by atoms with Crippen LogP contribution in [0, 0.1) is 0 Å². The second-order valence-corrected chi connectivity index (χ2v) is 8.51. The zero-order valence-electron chi connectivity index (χ0n) is 16.8. The quantitative estimate of drug-likeness (QED) is 0.461. The Morgan fingerprint density at radius 2 is 2.27 bits per heavy atom. The third-order valence-corrected chi connectivity index (χ3v) is 5.58. The van der Waals surface area contributed by atoms with Crippen LogP contribution in [-0.4, -0.2) is 36.2 Å². The van der Waals surface area contributed by atoms with Crippen molar-refractivity contribution in [1.29, 1.82) is 0 Å². The summed E-state index contributed by atoms with van der Waals surface area (Å²) < 4.78 is 12.2. The molecule has 0 saturated carbocycles. The van der Waals surface area contributed by atoms with Gasteiger partial charge in [0, 0.05) is 28.7 Å². The van der Waals surface area contributed by atoms with Crippen LogP contribution < -0.4 is 15.8 Å². The number of nitrogens with zero attached hydrogens (tertiary/aromatic N) is 2. The number of methoxy groups -OCH3 is 1. The number of halogens is 2. The molecule has 3 N–H and O–H groups in total. The van der Waals surface area contributed by atoms with Crippen molar-refractivity contribution in [3.63, 3.8) is 0 Å². The molecule has 1 amide bonds. The minimum Gasteiger partial charge on any atom is -0.490 e. The molecule has 0 aliphatic carbocycles. The maximum atomic E-state index is 12.3. The minimum atomic E-state index is -0.228. The monoisotopic (exact) mass is 494 g/mol. The lowest BCUT2D eigenvalue weighted by molar-refractivity contribution is 0.0924. The average Bonchev–Trinajstić information content (AvgIpc) is 2.73. The number of aliphatic imine (C=N–C) groups is 1. The maximum Gasteiger partial charge on any atom is 0.282 e. The van der Waals surface area contributed by atoms with Crippen molar-refractivity contribution in [3.05, 3.63) is 57.3 Å². The number of aromatic nitrogens is 1. The van der Waals surface area contributed by atoms with E-state index in [1.54, 1.807) is 12.1 Å². The summed E-state index contributed by atoms with van der Waals surface area (Å²) in [6.07, 6.45) is 3.58. The third-order valence-electron chi connectivity index (χ3n) is 4.86. The normalized spacial score (nSPS) is 19.4. The fourth-order valence-corrected chi connectivity index (χ4v) is 3.80. The summed E-state index contributed by atoms with van der Waals surface area (Å²) in [7, 11) is 1.50. The molecule has 160 valence electrons. The number of hydrogen-bond acceptors (Lipinski definition) is 5. The number of benzene rings is 1. The molecule has 7 nitrogen and oxygen atoms in total. The van der Waals surface area contributed by atoms with Gasteiger partial charge in [-0.05, 0) is 50.1 Å². The van der Waals surface area contributed by atoms with E-state index in [0.717, 1.165) is 28.6 Å². The number of amidine groups is 1. The summed E-state index contributed by atoms with van der Waals surface area (Å²) in [5, 5.41) is 3.45. The molecular weight excluding hydrogens is 472 g/mol. The Balaban J connectivity index is 1.61. The van der Waals surface area contributed by atoms with Crippen LogP contribution in [0.4, 0.5) is 0 Å². The van der Waals surface area contributed by atoms with Crippen molar-refractivity contribution >= 4 is 39.5 Å². The summed E-state index contributed by atoms with van der Waals surface area (Å²) in [5.74, 6) is 0.559. The van der Waals surface area contributed by atoms with Gasteiger partial charge in [0.2, 0.25) is 0 Å². The molecule has 2 unspecified atom stereocenters. The molecule has 3 rings (SSSR count). The molecule has 2 aromatic rings. The summed E-state index contributed by atoms with van der Waals surface area (Å²) in [6, 6.07) is 9.04. The van der Waals surface area contributed by atoms with E-state index in [4.69, 9.17) is 26.8 Å². The Hall–Kier alpha value is -2.32. The number of ether oxygens (including phenoxy) is 2. The van der Waals surface area contributed by atoms with E-state index in [1.807, 2.05) is 25.1 Å². The van der Waals surface area contributed by atoms with Crippen molar-refractivity contribution in [1.82, 2.24) is 10.3 Å². The summed E-state index contributed by atoms with van der Waals surface area (Å²) in [5.41, 5.74) is 7.11. The van der Waals surface area contributed by atoms with E-state index >= 15 is 0 Å². The Kier molecular flexibility index (Phi) is 7.55. The van der Waals surface area contributed by atoms with Crippen molar-refractivity contribution in [2.45, 2.75) is 44.4 Å². The van der Waals surface area contributed by atoms with E-state index in [1.165, 1.54) is 13.3 Å². The largest absolute Gasteiger partial charge is 0.490 e. The summed E-state index contributed by atoms with van der Waals surface area (Å²) >= 11 is 9.31. The number of nitrogens with two attached hydrogens (primary N) is 1. The molecule has 2 heterocycles. The minimum absolute atomic E-state index is 0.0455. The average molecular weight is 496 g/mol. The molecule has 1 aliphatic heterocycles. The van der Waals surface area contributed by atoms with E-state index in [0.29, 0.717) is 17.1 Å². The van der Waals surface area contributed by atoms with Crippen molar-refractivity contribution in [2.24, 2.45) is 10.7 Å². The molecule has 9 heteroatoms. The van der Waals surface area contributed by atoms with Gasteiger partial charge in [0.15, 0.2) is 0 Å². The molecule has 0 saturated heterocycles. The van der Waals surface area contributed by atoms with Gasteiger partial charge in [0.05, 0.1) is 18.2 Å². The highest BCUT2D eigenvalue weighted by Crippen LogP contribution is 2.39. The highest BCUT2D eigenvalue weighted by molar-refractivity contribution is 9.10. The molecule has 0 spiro atoms. The number of carbonyl (C=O) groups is 1. The molecule has 0 bridgehead atoms. The molecule has 0 fully saturated rings. The van der Waals surface area contributed by atoms with Gasteiger partial charge in [-0.1, -0.05) is 27.5 Å². The van der Waals surface area contributed by atoms with Gasteiger partial charge < -0.3 is 20.5 Å². The first-order valence-electron chi connectivity index (χ1n) is 9.61. The topological polar surface area (TPSA) is 98.8 Å².